The van der Waals surface area contributed by atoms with Crippen molar-refractivity contribution in [1.29, 1.82) is 5.26 Å². The molecule has 1 heterocycles. The van der Waals surface area contributed by atoms with E-state index in [0.717, 1.165) is 28.4 Å². The third kappa shape index (κ3) is 5.94. The number of aromatic nitrogens is 2. The largest absolute Gasteiger partial charge is 0.486 e. The van der Waals surface area contributed by atoms with Crippen molar-refractivity contribution >= 4 is 64.9 Å². The Kier molecular flexibility index (Phi) is 8.72. The lowest BCUT2D eigenvalue weighted by molar-refractivity contribution is 0.302. The van der Waals surface area contributed by atoms with Crippen molar-refractivity contribution in [3.05, 3.63) is 101 Å². The fraction of sp³-hybridized carbons (Fsp3) is 0.185. The summed E-state index contributed by atoms with van der Waals surface area (Å²) in [5.74, 6) is 1.24. The van der Waals surface area contributed by atoms with E-state index in [1.165, 1.54) is 4.68 Å². The number of nitrogens with zero attached hydrogens (tertiary/aromatic N) is 4. The van der Waals surface area contributed by atoms with Gasteiger partial charge in [-0.05, 0) is 80.2 Å². The number of unbranched alkanes of at least 4 members (excludes halogenated alkanes) is 1. The first kappa shape index (κ1) is 26.3. The van der Waals surface area contributed by atoms with E-state index in [1.807, 2.05) is 42.5 Å². The van der Waals surface area contributed by atoms with E-state index in [0.29, 0.717) is 43.4 Å². The van der Waals surface area contributed by atoms with Crippen molar-refractivity contribution in [2.75, 3.05) is 0 Å². The summed E-state index contributed by atoms with van der Waals surface area (Å²) in [4.78, 5) is 18.0. The van der Waals surface area contributed by atoms with Gasteiger partial charge in [0.15, 0.2) is 0 Å². The van der Waals surface area contributed by atoms with Crippen LogP contribution in [0.15, 0.2) is 77.9 Å². The van der Waals surface area contributed by atoms with Gasteiger partial charge in [-0.2, -0.15) is 15.0 Å². The van der Waals surface area contributed by atoms with Crippen molar-refractivity contribution in [3.63, 3.8) is 0 Å². The highest BCUT2D eigenvalue weighted by molar-refractivity contribution is 9.11. The molecule has 4 aromatic rings. The van der Waals surface area contributed by atoms with Crippen molar-refractivity contribution in [2.45, 2.75) is 32.8 Å². The lowest BCUT2D eigenvalue weighted by Gasteiger charge is -2.12. The third-order valence-electron chi connectivity index (χ3n) is 5.48. The highest BCUT2D eigenvalue weighted by Gasteiger charge is 2.13. The van der Waals surface area contributed by atoms with Crippen LogP contribution in [0.2, 0.25) is 0 Å². The van der Waals surface area contributed by atoms with Crippen LogP contribution in [0.3, 0.4) is 0 Å². The fourth-order valence-corrected chi connectivity index (χ4v) is 5.44. The lowest BCUT2D eigenvalue weighted by Crippen LogP contribution is -2.22. The van der Waals surface area contributed by atoms with Gasteiger partial charge in [0.1, 0.15) is 18.2 Å². The maximum Gasteiger partial charge on any atom is 0.282 e. The van der Waals surface area contributed by atoms with Crippen molar-refractivity contribution < 1.29 is 4.74 Å². The van der Waals surface area contributed by atoms with Crippen LogP contribution < -0.4 is 10.3 Å². The van der Waals surface area contributed by atoms with Gasteiger partial charge in [0.05, 0.1) is 37.7 Å². The molecule has 0 spiro atoms. The normalized spacial score (nSPS) is 11.2. The number of hydrogen-bond donors (Lipinski definition) is 0. The molecule has 0 aliphatic carbocycles. The number of aryl methyl sites for hydroxylation is 1. The molecule has 0 radical (unpaired) electrons. The number of halogens is 3. The van der Waals surface area contributed by atoms with E-state index in [4.69, 9.17) is 9.72 Å². The molecule has 0 atom stereocenters. The first-order chi connectivity index (χ1) is 17.4. The van der Waals surface area contributed by atoms with E-state index in [-0.39, 0.29) is 12.2 Å². The lowest BCUT2D eigenvalue weighted by atomic mass is 10.1. The minimum Gasteiger partial charge on any atom is -0.486 e. The first-order valence-corrected chi connectivity index (χ1v) is 13.6. The molecule has 0 aliphatic heterocycles. The molecule has 9 heteroatoms. The minimum absolute atomic E-state index is 0.210. The van der Waals surface area contributed by atoms with Gasteiger partial charge < -0.3 is 4.74 Å². The summed E-state index contributed by atoms with van der Waals surface area (Å²) in [6.45, 7) is 2.35. The smallest absolute Gasteiger partial charge is 0.282 e. The SMILES string of the molecule is CCCCc1nc2ccc(Br)cc2c(=O)n1N=Cc1cc(Br)c(OCc2ccccc2C#N)c(Br)c1. The number of benzene rings is 3. The van der Waals surface area contributed by atoms with Crippen LogP contribution in [0, 0.1) is 11.3 Å². The third-order valence-corrected chi connectivity index (χ3v) is 7.15. The van der Waals surface area contributed by atoms with Crippen molar-refractivity contribution in [2.24, 2.45) is 5.10 Å². The Labute approximate surface area is 234 Å². The van der Waals surface area contributed by atoms with Gasteiger partial charge in [-0.15, -0.1) is 0 Å². The van der Waals surface area contributed by atoms with Crippen LogP contribution in [0.5, 0.6) is 5.75 Å². The first-order valence-electron chi connectivity index (χ1n) is 11.3. The van der Waals surface area contributed by atoms with Gasteiger partial charge >= 0.3 is 0 Å². The molecule has 1 aromatic heterocycles. The highest BCUT2D eigenvalue weighted by atomic mass is 79.9. The van der Waals surface area contributed by atoms with Gasteiger partial charge in [-0.25, -0.2) is 4.98 Å². The predicted octanol–water partition coefficient (Wildman–Crippen LogP) is 7.36. The molecule has 0 N–H and O–H groups in total. The quantitative estimate of drug-likeness (QED) is 0.183. The zero-order chi connectivity index (χ0) is 25.7. The molecule has 0 aliphatic rings. The Morgan fingerprint density at radius 3 is 2.58 bits per heavy atom. The van der Waals surface area contributed by atoms with Gasteiger partial charge in [0.25, 0.3) is 5.56 Å². The van der Waals surface area contributed by atoms with Crippen LogP contribution in [0.1, 0.15) is 42.3 Å². The summed E-state index contributed by atoms with van der Waals surface area (Å²) >= 11 is 10.6. The van der Waals surface area contributed by atoms with E-state index in [1.54, 1.807) is 18.3 Å². The van der Waals surface area contributed by atoms with E-state index >= 15 is 0 Å². The van der Waals surface area contributed by atoms with E-state index < -0.39 is 0 Å². The zero-order valence-electron chi connectivity index (χ0n) is 19.3. The summed E-state index contributed by atoms with van der Waals surface area (Å²) in [6.07, 6.45) is 4.17. The van der Waals surface area contributed by atoms with Crippen LogP contribution in [-0.2, 0) is 13.0 Å². The van der Waals surface area contributed by atoms with Crippen LogP contribution in [-0.4, -0.2) is 15.9 Å². The number of rotatable bonds is 8. The molecule has 182 valence electrons. The molecule has 6 nitrogen and oxygen atoms in total. The molecule has 0 amide bonds. The molecule has 4 rings (SSSR count). The van der Waals surface area contributed by atoms with Gasteiger partial charge in [-0.1, -0.05) is 47.5 Å². The second-order valence-electron chi connectivity index (χ2n) is 8.03. The average molecular weight is 673 g/mol. The van der Waals surface area contributed by atoms with Gasteiger partial charge in [0, 0.05) is 16.5 Å². The Morgan fingerprint density at radius 2 is 1.86 bits per heavy atom. The van der Waals surface area contributed by atoms with Crippen LogP contribution >= 0.6 is 47.8 Å². The molecule has 0 bridgehead atoms. The predicted molar refractivity (Wildman–Crippen MR) is 153 cm³/mol. The Balaban J connectivity index is 1.65. The van der Waals surface area contributed by atoms with Gasteiger partial charge in [0.2, 0.25) is 0 Å². The highest BCUT2D eigenvalue weighted by Crippen LogP contribution is 2.35. The number of nitriles is 1. The summed E-state index contributed by atoms with van der Waals surface area (Å²) in [5.41, 5.74) is 2.59. The maximum absolute atomic E-state index is 13.3. The van der Waals surface area contributed by atoms with E-state index in [2.05, 4.69) is 65.9 Å². The standard InChI is InChI=1S/C27H21Br3N4O2/c1-2-3-8-25-33-24-10-9-20(28)13-21(24)27(35)34(25)32-15-17-11-22(29)26(23(30)12-17)36-16-19-7-5-4-6-18(19)14-31/h4-7,9-13,15H,2-3,8,16H2,1H3. The monoisotopic (exact) mass is 670 g/mol. The molecule has 3 aromatic carbocycles. The topological polar surface area (TPSA) is 80.3 Å². The molecule has 0 unspecified atom stereocenters. The summed E-state index contributed by atoms with van der Waals surface area (Å²) < 4.78 is 9.62. The van der Waals surface area contributed by atoms with Crippen LogP contribution in [0.4, 0.5) is 0 Å². The molecular formula is C27H21Br3N4O2. The molecule has 0 fully saturated rings. The summed E-state index contributed by atoms with van der Waals surface area (Å²) in [5, 5.41) is 14.3. The minimum atomic E-state index is -0.210. The number of ether oxygens (including phenoxy) is 1. The molecule has 36 heavy (non-hydrogen) atoms. The fourth-order valence-electron chi connectivity index (χ4n) is 3.63. The Morgan fingerprint density at radius 1 is 1.11 bits per heavy atom. The average Bonchev–Trinajstić information content (AvgIpc) is 2.87. The van der Waals surface area contributed by atoms with Crippen molar-refractivity contribution in [3.8, 4) is 11.8 Å². The van der Waals surface area contributed by atoms with Crippen molar-refractivity contribution in [1.82, 2.24) is 9.66 Å². The zero-order valence-corrected chi connectivity index (χ0v) is 24.1. The summed E-state index contributed by atoms with van der Waals surface area (Å²) in [7, 11) is 0. The molecule has 0 saturated carbocycles. The Hall–Kier alpha value is -2.80. The molecular weight excluding hydrogens is 652 g/mol. The Bertz CT molecular complexity index is 1530. The maximum atomic E-state index is 13.3. The summed E-state index contributed by atoms with van der Waals surface area (Å²) in [6, 6.07) is 18.7. The second kappa shape index (κ2) is 12.0. The number of fused-ring (bicyclic) bond motifs is 1. The van der Waals surface area contributed by atoms with Gasteiger partial charge in [-0.3, -0.25) is 4.79 Å². The number of hydrogen-bond acceptors (Lipinski definition) is 5. The molecule has 0 saturated heterocycles. The second-order valence-corrected chi connectivity index (χ2v) is 10.7. The van der Waals surface area contributed by atoms with Crippen LogP contribution in [0.25, 0.3) is 10.9 Å². The van der Waals surface area contributed by atoms with E-state index in [9.17, 15) is 10.1 Å².